The Kier molecular flexibility index (Phi) is 7.54. The fourth-order valence-electron chi connectivity index (χ4n) is 2.36. The van der Waals surface area contributed by atoms with Crippen LogP contribution in [0.25, 0.3) is 11.5 Å². The Morgan fingerprint density at radius 2 is 1.74 bits per heavy atom. The van der Waals surface area contributed by atoms with Crippen LogP contribution < -0.4 is 5.32 Å². The molecule has 144 valence electrons. The summed E-state index contributed by atoms with van der Waals surface area (Å²) in [4.78, 5) is 39.8. The van der Waals surface area contributed by atoms with E-state index in [2.05, 4.69) is 10.3 Å². The molecule has 1 heterocycles. The maximum Gasteiger partial charge on any atom is 0.315 e. The number of hydrogen-bond donors (Lipinski definition) is 1. The number of oxazole rings is 1. The highest BCUT2D eigenvalue weighted by atomic mass is 16.5. The summed E-state index contributed by atoms with van der Waals surface area (Å²) in [5, 5.41) is 2.61. The molecule has 0 spiro atoms. The van der Waals surface area contributed by atoms with Gasteiger partial charge in [0.1, 0.15) is 18.4 Å². The largest absolute Gasteiger partial charge is 0.466 e. The smallest absolute Gasteiger partial charge is 0.315 e. The van der Waals surface area contributed by atoms with Crippen LogP contribution in [0.2, 0.25) is 0 Å². The van der Waals surface area contributed by atoms with E-state index < -0.39 is 30.3 Å². The summed E-state index contributed by atoms with van der Waals surface area (Å²) in [5.74, 6) is -1.36. The normalized spacial score (nSPS) is 11.5. The van der Waals surface area contributed by atoms with Gasteiger partial charge in [-0.1, -0.05) is 18.2 Å². The number of carbonyl (C=O) groups is 3. The molecular weight excluding hydrogens is 352 g/mol. The molecule has 0 bridgehead atoms. The number of carbonyl (C=O) groups excluding carboxylic acids is 3. The summed E-state index contributed by atoms with van der Waals surface area (Å²) < 4.78 is 15.2. The first-order chi connectivity index (χ1) is 13.0. The van der Waals surface area contributed by atoms with Crippen molar-refractivity contribution < 1.29 is 28.3 Å². The van der Waals surface area contributed by atoms with Gasteiger partial charge >= 0.3 is 11.9 Å². The second-order valence-corrected chi connectivity index (χ2v) is 5.55. The van der Waals surface area contributed by atoms with Gasteiger partial charge in [0.2, 0.25) is 11.8 Å². The van der Waals surface area contributed by atoms with Crippen molar-refractivity contribution >= 4 is 17.8 Å². The van der Waals surface area contributed by atoms with Crippen LogP contribution >= 0.6 is 0 Å². The van der Waals surface area contributed by atoms with Crippen molar-refractivity contribution in [3.8, 4) is 11.5 Å². The summed E-state index contributed by atoms with van der Waals surface area (Å²) in [7, 11) is 0. The molecule has 0 saturated carbocycles. The Hall–Kier alpha value is -3.16. The average molecular weight is 374 g/mol. The number of amides is 1. The van der Waals surface area contributed by atoms with Crippen molar-refractivity contribution in [2.75, 3.05) is 13.2 Å². The summed E-state index contributed by atoms with van der Waals surface area (Å²) in [5.41, 5.74) is 1.12. The molecule has 8 heteroatoms. The van der Waals surface area contributed by atoms with Gasteiger partial charge in [-0.25, -0.2) is 4.98 Å². The zero-order valence-electron chi connectivity index (χ0n) is 15.3. The molecule has 2 aromatic rings. The van der Waals surface area contributed by atoms with Crippen LogP contribution in [-0.2, 0) is 23.9 Å². The van der Waals surface area contributed by atoms with Gasteiger partial charge in [-0.05, 0) is 26.0 Å². The summed E-state index contributed by atoms with van der Waals surface area (Å²) in [6, 6.07) is 8.43. The van der Waals surface area contributed by atoms with Crippen molar-refractivity contribution in [1.82, 2.24) is 10.3 Å². The molecule has 1 N–H and O–H groups in total. The SMILES string of the molecule is CCOC(=O)CC(=O)NC(CC(=O)OCC)c1coc(-c2ccccc2)n1. The zero-order chi connectivity index (χ0) is 19.6. The predicted octanol–water partition coefficient (Wildman–Crippen LogP) is 2.41. The highest BCUT2D eigenvalue weighted by molar-refractivity contribution is 5.94. The van der Waals surface area contributed by atoms with Crippen molar-refractivity contribution in [2.45, 2.75) is 32.7 Å². The molecule has 0 aliphatic heterocycles. The van der Waals surface area contributed by atoms with Gasteiger partial charge in [0.05, 0.1) is 25.7 Å². The minimum absolute atomic E-state index is 0.136. The highest BCUT2D eigenvalue weighted by Crippen LogP contribution is 2.23. The maximum atomic E-state index is 12.1. The summed E-state index contributed by atoms with van der Waals surface area (Å²) in [6.07, 6.45) is 0.788. The van der Waals surface area contributed by atoms with Gasteiger partial charge in [0.15, 0.2) is 0 Å². The van der Waals surface area contributed by atoms with Crippen molar-refractivity contribution in [1.29, 1.82) is 0 Å². The van der Waals surface area contributed by atoms with Crippen LogP contribution in [0.15, 0.2) is 41.0 Å². The number of hydrogen-bond acceptors (Lipinski definition) is 7. The Bertz CT molecular complexity index is 772. The Labute approximate surface area is 156 Å². The predicted molar refractivity (Wildman–Crippen MR) is 95.3 cm³/mol. The number of esters is 2. The van der Waals surface area contributed by atoms with E-state index in [9.17, 15) is 14.4 Å². The maximum absolute atomic E-state index is 12.1. The van der Waals surface area contributed by atoms with Gasteiger partial charge < -0.3 is 19.2 Å². The molecule has 1 aromatic heterocycles. The fourth-order valence-corrected chi connectivity index (χ4v) is 2.36. The molecule has 0 fully saturated rings. The molecule has 1 unspecified atom stereocenters. The first-order valence-electron chi connectivity index (χ1n) is 8.64. The van der Waals surface area contributed by atoms with E-state index in [0.29, 0.717) is 11.6 Å². The number of rotatable bonds is 9. The molecule has 2 rings (SSSR count). The zero-order valence-corrected chi connectivity index (χ0v) is 15.3. The van der Waals surface area contributed by atoms with E-state index in [-0.39, 0.29) is 19.6 Å². The quantitative estimate of drug-likeness (QED) is 0.530. The third-order valence-corrected chi connectivity index (χ3v) is 3.52. The van der Waals surface area contributed by atoms with Gasteiger partial charge in [0, 0.05) is 5.56 Å². The Morgan fingerprint density at radius 1 is 1.07 bits per heavy atom. The third-order valence-electron chi connectivity index (χ3n) is 3.52. The van der Waals surface area contributed by atoms with Crippen LogP contribution in [0, 0.1) is 0 Å². The van der Waals surface area contributed by atoms with Crippen LogP contribution in [0.1, 0.15) is 38.4 Å². The lowest BCUT2D eigenvalue weighted by atomic mass is 10.1. The minimum atomic E-state index is -0.785. The van der Waals surface area contributed by atoms with Crippen LogP contribution in [0.5, 0.6) is 0 Å². The monoisotopic (exact) mass is 374 g/mol. The van der Waals surface area contributed by atoms with Gasteiger partial charge in [0.25, 0.3) is 0 Å². The number of nitrogens with zero attached hydrogens (tertiary/aromatic N) is 1. The summed E-state index contributed by atoms with van der Waals surface area (Å²) >= 11 is 0. The van der Waals surface area contributed by atoms with Gasteiger partial charge in [-0.3, -0.25) is 14.4 Å². The first-order valence-corrected chi connectivity index (χ1v) is 8.64. The number of ether oxygens (including phenoxy) is 2. The second-order valence-electron chi connectivity index (χ2n) is 5.55. The van der Waals surface area contributed by atoms with E-state index in [1.807, 2.05) is 30.3 Å². The molecule has 0 aliphatic carbocycles. The van der Waals surface area contributed by atoms with Gasteiger partial charge in [-0.2, -0.15) is 0 Å². The average Bonchev–Trinajstić information content (AvgIpc) is 3.12. The molecule has 0 aliphatic rings. The fraction of sp³-hybridized carbons (Fsp3) is 0.368. The first kappa shape index (κ1) is 20.2. The lowest BCUT2D eigenvalue weighted by Crippen LogP contribution is -2.32. The molecule has 0 saturated heterocycles. The molecule has 1 atom stereocenters. The molecule has 1 aromatic carbocycles. The standard InChI is InChI=1S/C19H22N2O6/c1-3-25-17(23)10-14(20-16(22)11-18(24)26-4-2)15-12-27-19(21-15)13-8-6-5-7-9-13/h5-9,12,14H,3-4,10-11H2,1-2H3,(H,20,22). The van der Waals surface area contributed by atoms with E-state index in [4.69, 9.17) is 13.9 Å². The number of aromatic nitrogens is 1. The number of nitrogens with one attached hydrogen (secondary N) is 1. The van der Waals surface area contributed by atoms with Gasteiger partial charge in [-0.15, -0.1) is 0 Å². The molecule has 8 nitrogen and oxygen atoms in total. The van der Waals surface area contributed by atoms with Crippen molar-refractivity contribution in [3.05, 3.63) is 42.3 Å². The topological polar surface area (TPSA) is 108 Å². The molecule has 27 heavy (non-hydrogen) atoms. The van der Waals surface area contributed by atoms with Crippen LogP contribution in [0.3, 0.4) is 0 Å². The highest BCUT2D eigenvalue weighted by Gasteiger charge is 2.24. The minimum Gasteiger partial charge on any atom is -0.466 e. The van der Waals surface area contributed by atoms with E-state index >= 15 is 0 Å². The lowest BCUT2D eigenvalue weighted by Gasteiger charge is -2.15. The van der Waals surface area contributed by atoms with E-state index in [0.717, 1.165) is 5.56 Å². The van der Waals surface area contributed by atoms with E-state index in [1.54, 1.807) is 13.8 Å². The summed E-state index contributed by atoms with van der Waals surface area (Å²) in [6.45, 7) is 3.74. The molecule has 0 radical (unpaired) electrons. The van der Waals surface area contributed by atoms with Crippen molar-refractivity contribution in [2.24, 2.45) is 0 Å². The van der Waals surface area contributed by atoms with Crippen LogP contribution in [0.4, 0.5) is 0 Å². The lowest BCUT2D eigenvalue weighted by molar-refractivity contribution is -0.146. The van der Waals surface area contributed by atoms with Crippen molar-refractivity contribution in [3.63, 3.8) is 0 Å². The van der Waals surface area contributed by atoms with E-state index in [1.165, 1.54) is 6.26 Å². The second kappa shape index (κ2) is 10.1. The third kappa shape index (κ3) is 6.25. The Balaban J connectivity index is 2.14. The molecular formula is C19H22N2O6. The number of benzene rings is 1. The van der Waals surface area contributed by atoms with Crippen LogP contribution in [-0.4, -0.2) is 36.0 Å². The Morgan fingerprint density at radius 3 is 2.41 bits per heavy atom. The molecule has 1 amide bonds.